The van der Waals surface area contributed by atoms with E-state index in [9.17, 15) is 24.0 Å². The summed E-state index contributed by atoms with van der Waals surface area (Å²) < 4.78 is 1.37. The van der Waals surface area contributed by atoms with Crippen molar-refractivity contribution in [3.63, 3.8) is 0 Å². The zero-order valence-electron chi connectivity index (χ0n) is 17.7. The van der Waals surface area contributed by atoms with E-state index in [0.717, 1.165) is 24.2 Å². The van der Waals surface area contributed by atoms with Crippen molar-refractivity contribution in [2.45, 2.75) is 45.1 Å². The summed E-state index contributed by atoms with van der Waals surface area (Å²) in [7, 11) is 0. The quantitative estimate of drug-likeness (QED) is 0.607. The molecule has 1 atom stereocenters. The molecule has 11 nitrogen and oxygen atoms in total. The highest BCUT2D eigenvalue weighted by molar-refractivity contribution is 6.04. The number of likely N-dealkylation sites (tertiary alicyclic amines) is 2. The molecule has 0 aromatic carbocycles. The third-order valence-electron chi connectivity index (χ3n) is 6.67. The summed E-state index contributed by atoms with van der Waals surface area (Å²) in [5.74, 6) is -1.33. The van der Waals surface area contributed by atoms with Crippen LogP contribution in [-0.2, 0) is 14.4 Å². The smallest absolute Gasteiger partial charge is 0.274 e. The van der Waals surface area contributed by atoms with Gasteiger partial charge in [-0.3, -0.25) is 28.9 Å². The van der Waals surface area contributed by atoms with Crippen molar-refractivity contribution in [1.82, 2.24) is 29.7 Å². The zero-order chi connectivity index (χ0) is 22.6. The lowest BCUT2D eigenvalue weighted by atomic mass is 10.0. The van der Waals surface area contributed by atoms with Crippen LogP contribution < -0.4 is 10.9 Å². The number of carbonyl (C=O) groups is 4. The molecule has 4 amide bonds. The number of nitrogens with zero attached hydrogens (tertiary/aromatic N) is 4. The maximum absolute atomic E-state index is 12.9. The van der Waals surface area contributed by atoms with Gasteiger partial charge in [0, 0.05) is 49.9 Å². The highest BCUT2D eigenvalue weighted by Gasteiger charge is 2.53. The van der Waals surface area contributed by atoms with E-state index >= 15 is 0 Å². The van der Waals surface area contributed by atoms with E-state index in [1.54, 1.807) is 18.0 Å². The lowest BCUT2D eigenvalue weighted by Gasteiger charge is -2.26. The molecule has 3 aliphatic rings. The standard InChI is InChI=1S/C21H24N6O5/c1-12-9-27-15(20(32)23-12)6-14(24-27)19(31)22-8-13-7-21(4-5-21)11-26(13)18(30)10-25-16(28)2-3-17(25)29/h6,9,13H,2-5,7-8,10-11H2,1H3,(H,22,31)(H,23,32). The molecule has 1 aliphatic carbocycles. The SMILES string of the molecule is Cc1cn2nc(C(=O)NCC3CC4(CC4)CN3C(=O)CN3C(=O)CCC3=O)cc2c(=O)[nH]1. The number of imide groups is 1. The lowest BCUT2D eigenvalue weighted by Crippen LogP contribution is -2.48. The van der Waals surface area contributed by atoms with Gasteiger partial charge in [0.25, 0.3) is 11.5 Å². The van der Waals surface area contributed by atoms with Gasteiger partial charge in [-0.1, -0.05) is 0 Å². The fourth-order valence-corrected chi connectivity index (χ4v) is 4.74. The predicted octanol–water partition coefficient (Wildman–Crippen LogP) is -0.409. The summed E-state index contributed by atoms with van der Waals surface area (Å²) in [6, 6.07) is 1.21. The van der Waals surface area contributed by atoms with Crippen molar-refractivity contribution in [3.8, 4) is 0 Å². The van der Waals surface area contributed by atoms with Gasteiger partial charge in [0.2, 0.25) is 17.7 Å². The third-order valence-corrected chi connectivity index (χ3v) is 6.67. The van der Waals surface area contributed by atoms with E-state index in [1.165, 1.54) is 10.6 Å². The van der Waals surface area contributed by atoms with Crippen molar-refractivity contribution in [2.24, 2.45) is 5.41 Å². The Morgan fingerprint density at radius 1 is 1.22 bits per heavy atom. The van der Waals surface area contributed by atoms with Crippen LogP contribution in [0.25, 0.3) is 5.52 Å². The Labute approximate surface area is 182 Å². The number of rotatable bonds is 5. The summed E-state index contributed by atoms with van der Waals surface area (Å²) in [5.41, 5.74) is 0.771. The molecule has 0 radical (unpaired) electrons. The van der Waals surface area contributed by atoms with Crippen molar-refractivity contribution < 1.29 is 19.2 Å². The van der Waals surface area contributed by atoms with Crippen LogP contribution in [0.3, 0.4) is 0 Å². The van der Waals surface area contributed by atoms with Crippen molar-refractivity contribution in [1.29, 1.82) is 0 Å². The lowest BCUT2D eigenvalue weighted by molar-refractivity contribution is -0.145. The Bertz CT molecular complexity index is 1190. The molecule has 1 saturated carbocycles. The van der Waals surface area contributed by atoms with Crippen molar-refractivity contribution in [2.75, 3.05) is 19.6 Å². The van der Waals surface area contributed by atoms with Crippen LogP contribution in [0.4, 0.5) is 0 Å². The van der Waals surface area contributed by atoms with Crippen molar-refractivity contribution >= 4 is 29.1 Å². The molecule has 32 heavy (non-hydrogen) atoms. The predicted molar refractivity (Wildman–Crippen MR) is 111 cm³/mol. The number of fused-ring (bicyclic) bond motifs is 1. The largest absolute Gasteiger partial charge is 0.349 e. The average molecular weight is 440 g/mol. The Hall–Kier alpha value is -3.50. The minimum Gasteiger partial charge on any atom is -0.349 e. The minimum absolute atomic E-state index is 0.0813. The maximum atomic E-state index is 12.9. The second-order valence-corrected chi connectivity index (χ2v) is 9.09. The molecular formula is C21H24N6O5. The van der Waals surface area contributed by atoms with Crippen LogP contribution in [0.15, 0.2) is 17.1 Å². The molecule has 1 spiro atoms. The van der Waals surface area contributed by atoms with Crippen LogP contribution in [0, 0.1) is 12.3 Å². The van der Waals surface area contributed by atoms with Gasteiger partial charge in [-0.25, -0.2) is 4.52 Å². The highest BCUT2D eigenvalue weighted by atomic mass is 16.2. The molecule has 168 valence electrons. The topological polar surface area (TPSA) is 137 Å². The van der Waals surface area contributed by atoms with Gasteiger partial charge >= 0.3 is 0 Å². The van der Waals surface area contributed by atoms with Crippen LogP contribution in [-0.4, -0.2) is 73.7 Å². The number of hydrogen-bond acceptors (Lipinski definition) is 6. The van der Waals surface area contributed by atoms with Gasteiger partial charge in [0.15, 0.2) is 5.69 Å². The van der Waals surface area contributed by atoms with Gasteiger partial charge in [0.05, 0.1) is 0 Å². The molecule has 3 fully saturated rings. The first-order valence-corrected chi connectivity index (χ1v) is 10.7. The molecule has 0 bridgehead atoms. The van der Waals surface area contributed by atoms with Crippen LogP contribution in [0.2, 0.25) is 0 Å². The number of nitrogens with one attached hydrogen (secondary N) is 2. The van der Waals surface area contributed by atoms with Crippen LogP contribution >= 0.6 is 0 Å². The molecule has 1 unspecified atom stereocenters. The Balaban J connectivity index is 1.27. The molecule has 5 rings (SSSR count). The second-order valence-electron chi connectivity index (χ2n) is 9.09. The molecule has 2 aromatic heterocycles. The van der Waals surface area contributed by atoms with Gasteiger partial charge in [0.1, 0.15) is 12.1 Å². The number of aromatic nitrogens is 3. The molecule has 2 aromatic rings. The normalized spacial score (nSPS) is 21.7. The third kappa shape index (κ3) is 3.57. The molecule has 2 N–H and O–H groups in total. The monoisotopic (exact) mass is 440 g/mol. The van der Waals surface area contributed by atoms with Gasteiger partial charge < -0.3 is 15.2 Å². The molecule has 11 heteroatoms. The summed E-state index contributed by atoms with van der Waals surface area (Å²) in [6.45, 7) is 2.29. The maximum Gasteiger partial charge on any atom is 0.274 e. The number of aryl methyl sites for hydroxylation is 1. The number of aromatic amines is 1. The number of hydrogen-bond donors (Lipinski definition) is 2. The van der Waals surface area contributed by atoms with Gasteiger partial charge in [-0.05, 0) is 31.6 Å². The van der Waals surface area contributed by atoms with E-state index < -0.39 is 5.91 Å². The van der Waals surface area contributed by atoms with Gasteiger partial charge in [-0.15, -0.1) is 0 Å². The summed E-state index contributed by atoms with van der Waals surface area (Å²) in [4.78, 5) is 66.8. The van der Waals surface area contributed by atoms with Crippen LogP contribution in [0.1, 0.15) is 48.3 Å². The number of H-pyrrole nitrogens is 1. The van der Waals surface area contributed by atoms with Crippen LogP contribution in [0.5, 0.6) is 0 Å². The Morgan fingerprint density at radius 2 is 1.94 bits per heavy atom. The van der Waals surface area contributed by atoms with E-state index in [0.29, 0.717) is 12.2 Å². The number of carbonyl (C=O) groups excluding carboxylic acids is 4. The molecule has 2 aliphatic heterocycles. The fraction of sp³-hybridized carbons (Fsp3) is 0.524. The first-order chi connectivity index (χ1) is 15.2. The Morgan fingerprint density at radius 3 is 2.62 bits per heavy atom. The molecular weight excluding hydrogens is 416 g/mol. The van der Waals surface area contributed by atoms with E-state index in [2.05, 4.69) is 15.4 Å². The highest BCUT2D eigenvalue weighted by Crippen LogP contribution is 2.54. The first kappa shape index (κ1) is 20.4. The second kappa shape index (κ2) is 7.28. The summed E-state index contributed by atoms with van der Waals surface area (Å²) >= 11 is 0. The minimum atomic E-state index is -0.431. The van der Waals surface area contributed by atoms with Crippen molar-refractivity contribution in [3.05, 3.63) is 34.0 Å². The first-order valence-electron chi connectivity index (χ1n) is 10.7. The molecule has 4 heterocycles. The summed E-state index contributed by atoms with van der Waals surface area (Å²) in [6.07, 6.45) is 4.75. The van der Waals surface area contributed by atoms with E-state index in [1.807, 2.05) is 0 Å². The summed E-state index contributed by atoms with van der Waals surface area (Å²) in [5, 5.41) is 7.01. The Kier molecular flexibility index (Phi) is 4.64. The average Bonchev–Trinajstić information content (AvgIpc) is 3.05. The molecule has 2 saturated heterocycles. The number of amides is 4. The van der Waals surface area contributed by atoms with E-state index in [4.69, 9.17) is 0 Å². The fourth-order valence-electron chi connectivity index (χ4n) is 4.74. The zero-order valence-corrected chi connectivity index (χ0v) is 17.7. The van der Waals surface area contributed by atoms with Gasteiger partial charge in [-0.2, -0.15) is 5.10 Å². The van der Waals surface area contributed by atoms with E-state index in [-0.39, 0.29) is 71.9 Å².